The van der Waals surface area contributed by atoms with Crippen LogP contribution in [0.1, 0.15) is 43.2 Å². The number of benzene rings is 2. The SMILES string of the molecule is CC(O)C(NC(=O)CC1CC(CNC(=O)OCC2c3ccccc3-c3ccccc32)C1)C(=O)O. The first-order chi connectivity index (χ1) is 16.3. The highest BCUT2D eigenvalue weighted by Crippen LogP contribution is 2.44. The molecule has 2 aliphatic carbocycles. The van der Waals surface area contributed by atoms with Gasteiger partial charge < -0.3 is 25.6 Å². The van der Waals surface area contributed by atoms with Crippen LogP contribution in [0, 0.1) is 11.8 Å². The maximum Gasteiger partial charge on any atom is 0.407 e. The van der Waals surface area contributed by atoms with E-state index in [0.29, 0.717) is 6.54 Å². The number of amides is 2. The van der Waals surface area contributed by atoms with E-state index in [2.05, 4.69) is 34.9 Å². The lowest BCUT2D eigenvalue weighted by molar-refractivity contribution is -0.145. The number of ether oxygens (including phenoxy) is 1. The molecule has 8 nitrogen and oxygen atoms in total. The van der Waals surface area contributed by atoms with Crippen molar-refractivity contribution < 1.29 is 29.3 Å². The summed E-state index contributed by atoms with van der Waals surface area (Å²) in [6.07, 6.45) is 0.117. The fourth-order valence-electron chi connectivity index (χ4n) is 4.97. The number of carboxylic acid groups (broad SMARTS) is 1. The molecule has 0 saturated heterocycles. The van der Waals surface area contributed by atoms with E-state index in [-0.39, 0.29) is 36.7 Å². The Balaban J connectivity index is 1.18. The van der Waals surface area contributed by atoms with E-state index < -0.39 is 24.2 Å². The maximum absolute atomic E-state index is 12.3. The second-order valence-corrected chi connectivity index (χ2v) is 9.24. The summed E-state index contributed by atoms with van der Waals surface area (Å²) < 4.78 is 5.55. The summed E-state index contributed by atoms with van der Waals surface area (Å²) in [6, 6.07) is 15.0. The second kappa shape index (κ2) is 10.3. The minimum Gasteiger partial charge on any atom is -0.480 e. The zero-order valence-electron chi connectivity index (χ0n) is 19.1. The van der Waals surface area contributed by atoms with E-state index in [1.165, 1.54) is 18.1 Å². The molecule has 8 heteroatoms. The average molecular weight is 467 g/mol. The van der Waals surface area contributed by atoms with Gasteiger partial charge in [0.05, 0.1) is 6.10 Å². The average Bonchev–Trinajstić information content (AvgIpc) is 3.10. The molecule has 4 rings (SSSR count). The van der Waals surface area contributed by atoms with Crippen LogP contribution < -0.4 is 10.6 Å². The molecule has 1 fully saturated rings. The highest BCUT2D eigenvalue weighted by molar-refractivity contribution is 5.84. The highest BCUT2D eigenvalue weighted by atomic mass is 16.5. The molecule has 2 amide bonds. The largest absolute Gasteiger partial charge is 0.480 e. The van der Waals surface area contributed by atoms with Crippen LogP contribution in [-0.4, -0.2) is 53.5 Å². The number of aliphatic hydroxyl groups excluding tert-OH is 1. The van der Waals surface area contributed by atoms with Crippen molar-refractivity contribution in [2.45, 2.75) is 44.2 Å². The smallest absolute Gasteiger partial charge is 0.407 e. The number of aliphatic carboxylic acids is 1. The normalized spacial score (nSPS) is 20.3. The molecule has 1 saturated carbocycles. The molecule has 0 aromatic heterocycles. The van der Waals surface area contributed by atoms with Crippen LogP contribution in [0.3, 0.4) is 0 Å². The van der Waals surface area contributed by atoms with Gasteiger partial charge in [0.1, 0.15) is 6.61 Å². The van der Waals surface area contributed by atoms with Gasteiger partial charge >= 0.3 is 12.1 Å². The summed E-state index contributed by atoms with van der Waals surface area (Å²) in [5, 5.41) is 23.7. The number of fused-ring (bicyclic) bond motifs is 3. The number of aliphatic hydroxyl groups is 1. The molecule has 0 radical (unpaired) electrons. The summed E-state index contributed by atoms with van der Waals surface area (Å²) in [6.45, 7) is 2.06. The van der Waals surface area contributed by atoms with Gasteiger partial charge in [-0.15, -0.1) is 0 Å². The van der Waals surface area contributed by atoms with Crippen LogP contribution in [0.5, 0.6) is 0 Å². The van der Waals surface area contributed by atoms with Crippen molar-refractivity contribution >= 4 is 18.0 Å². The van der Waals surface area contributed by atoms with Crippen LogP contribution >= 0.6 is 0 Å². The molecule has 34 heavy (non-hydrogen) atoms. The Kier molecular flexibility index (Phi) is 7.17. The van der Waals surface area contributed by atoms with E-state index in [9.17, 15) is 19.5 Å². The number of hydrogen-bond donors (Lipinski definition) is 4. The lowest BCUT2D eigenvalue weighted by Gasteiger charge is -2.35. The van der Waals surface area contributed by atoms with E-state index in [4.69, 9.17) is 9.84 Å². The molecule has 2 aromatic rings. The summed E-state index contributed by atoms with van der Waals surface area (Å²) in [7, 11) is 0. The zero-order chi connectivity index (χ0) is 24.2. The van der Waals surface area contributed by atoms with Crippen LogP contribution in [0.15, 0.2) is 48.5 Å². The molecule has 0 aliphatic heterocycles. The summed E-state index contributed by atoms with van der Waals surface area (Å²) in [5.41, 5.74) is 4.69. The Labute approximate surface area is 198 Å². The van der Waals surface area contributed by atoms with Crippen molar-refractivity contribution in [3.8, 4) is 11.1 Å². The van der Waals surface area contributed by atoms with Gasteiger partial charge in [-0.2, -0.15) is 0 Å². The van der Waals surface area contributed by atoms with Crippen molar-refractivity contribution in [3.63, 3.8) is 0 Å². The topological polar surface area (TPSA) is 125 Å². The minimum atomic E-state index is -1.31. The summed E-state index contributed by atoms with van der Waals surface area (Å²) in [4.78, 5) is 35.4. The predicted octanol–water partition coefficient (Wildman–Crippen LogP) is 2.89. The van der Waals surface area contributed by atoms with Gasteiger partial charge in [-0.05, 0) is 53.9 Å². The Morgan fingerprint density at radius 1 is 1.00 bits per heavy atom. The Morgan fingerprint density at radius 3 is 2.15 bits per heavy atom. The Bertz CT molecular complexity index is 1020. The Morgan fingerprint density at radius 2 is 1.59 bits per heavy atom. The number of hydrogen-bond acceptors (Lipinski definition) is 5. The van der Waals surface area contributed by atoms with Crippen LogP contribution in [0.2, 0.25) is 0 Å². The molecular formula is C26H30N2O6. The van der Waals surface area contributed by atoms with Gasteiger partial charge in [-0.1, -0.05) is 48.5 Å². The van der Waals surface area contributed by atoms with Crippen molar-refractivity contribution in [1.82, 2.24) is 10.6 Å². The standard InChI is InChI=1S/C26H30N2O6/c1-15(29)24(25(31)32)28-23(30)12-16-10-17(11-16)13-27-26(33)34-14-22-20-8-4-2-6-18(20)19-7-3-5-9-21(19)22/h2-9,15-17,22,24,29H,10-14H2,1H3,(H,27,33)(H,28,30)(H,31,32). The van der Waals surface area contributed by atoms with Gasteiger partial charge in [0.25, 0.3) is 0 Å². The van der Waals surface area contributed by atoms with E-state index in [0.717, 1.165) is 24.0 Å². The number of carbonyl (C=O) groups excluding carboxylic acids is 2. The molecule has 2 unspecified atom stereocenters. The molecule has 0 bridgehead atoms. The first kappa shape index (κ1) is 23.8. The van der Waals surface area contributed by atoms with Gasteiger partial charge in [-0.3, -0.25) is 4.79 Å². The van der Waals surface area contributed by atoms with Crippen molar-refractivity contribution in [3.05, 3.63) is 59.7 Å². The first-order valence-corrected chi connectivity index (χ1v) is 11.6. The molecule has 0 spiro atoms. The molecule has 2 aliphatic rings. The number of alkyl carbamates (subject to hydrolysis) is 1. The fraction of sp³-hybridized carbons (Fsp3) is 0.423. The highest BCUT2D eigenvalue weighted by Gasteiger charge is 2.33. The van der Waals surface area contributed by atoms with Gasteiger partial charge in [0.15, 0.2) is 6.04 Å². The molecular weight excluding hydrogens is 436 g/mol. The monoisotopic (exact) mass is 466 g/mol. The lowest BCUT2D eigenvalue weighted by Crippen LogP contribution is -2.48. The van der Waals surface area contributed by atoms with Crippen LogP contribution in [0.4, 0.5) is 4.79 Å². The quantitative estimate of drug-likeness (QED) is 0.450. The third-order valence-electron chi connectivity index (χ3n) is 6.75. The van der Waals surface area contributed by atoms with Gasteiger partial charge in [0.2, 0.25) is 5.91 Å². The van der Waals surface area contributed by atoms with Gasteiger partial charge in [0, 0.05) is 18.9 Å². The number of nitrogens with one attached hydrogen (secondary N) is 2. The third kappa shape index (κ3) is 5.22. The first-order valence-electron chi connectivity index (χ1n) is 11.6. The zero-order valence-corrected chi connectivity index (χ0v) is 19.1. The van der Waals surface area contributed by atoms with Crippen LogP contribution in [-0.2, 0) is 14.3 Å². The fourth-order valence-corrected chi connectivity index (χ4v) is 4.97. The molecule has 2 aromatic carbocycles. The molecule has 0 heterocycles. The van der Waals surface area contributed by atoms with Gasteiger partial charge in [-0.25, -0.2) is 9.59 Å². The van der Waals surface area contributed by atoms with E-state index in [1.807, 2.05) is 24.3 Å². The third-order valence-corrected chi connectivity index (χ3v) is 6.75. The predicted molar refractivity (Wildman–Crippen MR) is 125 cm³/mol. The molecule has 2 atom stereocenters. The lowest BCUT2D eigenvalue weighted by atomic mass is 9.73. The molecule has 180 valence electrons. The van der Waals surface area contributed by atoms with Crippen LogP contribution in [0.25, 0.3) is 11.1 Å². The van der Waals surface area contributed by atoms with Crippen molar-refractivity contribution in [2.75, 3.05) is 13.2 Å². The molecule has 4 N–H and O–H groups in total. The maximum atomic E-state index is 12.3. The van der Waals surface area contributed by atoms with E-state index in [1.54, 1.807) is 0 Å². The summed E-state index contributed by atoms with van der Waals surface area (Å²) >= 11 is 0. The number of rotatable bonds is 9. The number of carbonyl (C=O) groups is 3. The van der Waals surface area contributed by atoms with Crippen molar-refractivity contribution in [1.29, 1.82) is 0 Å². The summed E-state index contributed by atoms with van der Waals surface area (Å²) in [5.74, 6) is -1.24. The Hall–Kier alpha value is -3.39. The minimum absolute atomic E-state index is 0.0148. The number of carboxylic acids is 1. The van der Waals surface area contributed by atoms with E-state index >= 15 is 0 Å². The second-order valence-electron chi connectivity index (χ2n) is 9.24. The van der Waals surface area contributed by atoms with Crippen molar-refractivity contribution in [2.24, 2.45) is 11.8 Å².